The van der Waals surface area contributed by atoms with Gasteiger partial charge in [0.2, 0.25) is 0 Å². The van der Waals surface area contributed by atoms with Crippen molar-refractivity contribution in [1.82, 2.24) is 4.57 Å². The van der Waals surface area contributed by atoms with Crippen molar-refractivity contribution in [3.8, 4) is 22.6 Å². The molecule has 0 saturated carbocycles. The number of halogens is 4. The van der Waals surface area contributed by atoms with Crippen LogP contribution in [-0.2, 0) is 20.7 Å². The molecule has 0 aliphatic rings. The van der Waals surface area contributed by atoms with Gasteiger partial charge in [-0.25, -0.2) is 4.79 Å². The lowest BCUT2D eigenvalue weighted by Gasteiger charge is -2.24. The van der Waals surface area contributed by atoms with Crippen LogP contribution < -0.4 is 15.0 Å². The first kappa shape index (κ1) is 33.7. The number of nitrogens with zero attached hydrogens (tertiary/aromatic N) is 1. The number of esters is 1. The van der Waals surface area contributed by atoms with Gasteiger partial charge in [0.05, 0.1) is 37.6 Å². The highest BCUT2D eigenvalue weighted by Gasteiger charge is 2.30. The van der Waals surface area contributed by atoms with E-state index in [4.69, 9.17) is 30.5 Å². The number of pyridine rings is 1. The molecule has 1 aromatic heterocycles. The number of carbonyl (C=O) groups excluding carboxylic acids is 2. The van der Waals surface area contributed by atoms with E-state index in [0.29, 0.717) is 11.1 Å². The fraction of sp³-hybridized carbons (Fsp3) is 0.387. The van der Waals surface area contributed by atoms with Gasteiger partial charge < -0.3 is 23.5 Å². The lowest BCUT2D eigenvalue weighted by molar-refractivity contribution is -0.153. The highest BCUT2D eigenvalue weighted by molar-refractivity contribution is 6.31. The summed E-state index contributed by atoms with van der Waals surface area (Å²) in [7, 11) is 2.60. The third-order valence-corrected chi connectivity index (χ3v) is 6.51. The smallest absolute Gasteiger partial charge is 0.422 e. The number of hydrogen-bond acceptors (Lipinski definition) is 7. The number of carbonyl (C=O) groups is 2. The summed E-state index contributed by atoms with van der Waals surface area (Å²) >= 11 is 6.14. The summed E-state index contributed by atoms with van der Waals surface area (Å²) < 4.78 is 61.0. The summed E-state index contributed by atoms with van der Waals surface area (Å²) in [5.41, 5.74) is 0.0870. The topological polar surface area (TPSA) is 93.1 Å². The molecule has 2 aromatic carbocycles. The maximum atomic E-state index is 13.6. The van der Waals surface area contributed by atoms with Crippen molar-refractivity contribution in [3.63, 3.8) is 0 Å². The average molecular weight is 624 g/mol. The van der Waals surface area contributed by atoms with Gasteiger partial charge in [-0.15, -0.1) is 0 Å². The van der Waals surface area contributed by atoms with Gasteiger partial charge in [-0.1, -0.05) is 23.7 Å². The first-order valence-corrected chi connectivity index (χ1v) is 13.6. The fourth-order valence-corrected chi connectivity index (χ4v) is 4.44. The summed E-state index contributed by atoms with van der Waals surface area (Å²) in [6, 6.07) is 10.5. The second kappa shape index (κ2) is 14.1. The number of hydrogen-bond donors (Lipinski definition) is 0. The van der Waals surface area contributed by atoms with E-state index < -0.39 is 36.0 Å². The number of aromatic nitrogens is 1. The van der Waals surface area contributed by atoms with Crippen LogP contribution in [0.15, 0.2) is 59.5 Å². The summed E-state index contributed by atoms with van der Waals surface area (Å²) in [6.45, 7) is 4.19. The van der Waals surface area contributed by atoms with Gasteiger partial charge in [0.15, 0.2) is 12.4 Å². The molecular weight excluding hydrogens is 591 g/mol. The normalized spacial score (nSPS) is 12.5. The maximum Gasteiger partial charge on any atom is 0.422 e. The highest BCUT2D eigenvalue weighted by Crippen LogP contribution is 2.38. The molecule has 0 aliphatic heterocycles. The van der Waals surface area contributed by atoms with Gasteiger partial charge in [-0.05, 0) is 63.1 Å². The van der Waals surface area contributed by atoms with E-state index in [1.54, 1.807) is 24.3 Å². The predicted molar refractivity (Wildman–Crippen MR) is 155 cm³/mol. The molecule has 12 heteroatoms. The zero-order valence-corrected chi connectivity index (χ0v) is 25.2. The lowest BCUT2D eigenvalue weighted by atomic mass is 9.99. The summed E-state index contributed by atoms with van der Waals surface area (Å²) in [4.78, 5) is 38.9. The maximum absolute atomic E-state index is 13.6. The van der Waals surface area contributed by atoms with E-state index in [2.05, 4.69) is 0 Å². The molecule has 1 atom stereocenters. The molecule has 3 aromatic rings. The Balaban J connectivity index is 2.02. The van der Waals surface area contributed by atoms with E-state index in [0.717, 1.165) is 0 Å². The van der Waals surface area contributed by atoms with Crippen molar-refractivity contribution >= 4 is 23.4 Å². The Morgan fingerprint density at radius 2 is 1.60 bits per heavy atom. The van der Waals surface area contributed by atoms with Crippen LogP contribution in [0.2, 0.25) is 5.02 Å². The monoisotopic (exact) mass is 623 g/mol. The summed E-state index contributed by atoms with van der Waals surface area (Å²) in [5, 5.41) is 0.200. The zero-order chi connectivity index (χ0) is 31.9. The Bertz CT molecular complexity index is 1500. The molecule has 232 valence electrons. The molecule has 3 rings (SSSR count). The Labute approximate surface area is 252 Å². The molecular formula is C31H33ClF3NO7. The van der Waals surface area contributed by atoms with Gasteiger partial charge in [0.25, 0.3) is 5.56 Å². The number of alkyl halides is 3. The molecule has 8 nitrogen and oxygen atoms in total. The number of Topliss-reactive ketones (excluding diaryl/α,β-unsaturated/α-hetero) is 1. The molecule has 0 fully saturated rings. The minimum atomic E-state index is -4.59. The molecule has 0 amide bonds. The fourth-order valence-electron chi connectivity index (χ4n) is 4.27. The standard InChI is InChI=1S/C31H33ClF3NO7/c1-30(2,3)43-13-12-24(25(37)14-19-6-8-20(9-7-19)29(39)41-5)36-17-27(40-4)23(16-28(36)38)22-15-21(32)10-11-26(22)42-18-31(33,34)35/h6-11,15-17,24H,12-14,18H2,1-5H3. The first-order chi connectivity index (χ1) is 20.1. The van der Waals surface area contributed by atoms with Crippen molar-refractivity contribution in [1.29, 1.82) is 0 Å². The van der Waals surface area contributed by atoms with Crippen molar-refractivity contribution in [2.75, 3.05) is 27.4 Å². The molecule has 0 N–H and O–H groups in total. The van der Waals surface area contributed by atoms with Crippen LogP contribution in [0.3, 0.4) is 0 Å². The molecule has 1 heterocycles. The number of rotatable bonds is 12. The van der Waals surface area contributed by atoms with Crippen LogP contribution in [0.5, 0.6) is 11.5 Å². The van der Waals surface area contributed by atoms with E-state index in [1.165, 1.54) is 49.2 Å². The molecule has 1 unspecified atom stereocenters. The number of benzene rings is 2. The number of ether oxygens (including phenoxy) is 4. The van der Waals surface area contributed by atoms with Gasteiger partial charge in [-0.3, -0.25) is 9.59 Å². The zero-order valence-electron chi connectivity index (χ0n) is 24.4. The molecule has 0 saturated heterocycles. The lowest BCUT2D eigenvalue weighted by Crippen LogP contribution is -2.32. The second-order valence-corrected chi connectivity index (χ2v) is 11.1. The Kier molecular flexibility index (Phi) is 11.0. The number of methoxy groups -OCH3 is 2. The molecule has 0 bridgehead atoms. The SMILES string of the molecule is COC(=O)c1ccc(CC(=O)C(CCOC(C)(C)C)n2cc(OC)c(-c3cc(Cl)ccc3OCC(F)(F)F)cc2=O)cc1. The van der Waals surface area contributed by atoms with E-state index >= 15 is 0 Å². The van der Waals surface area contributed by atoms with Crippen LogP contribution in [0.25, 0.3) is 11.1 Å². The van der Waals surface area contributed by atoms with Crippen LogP contribution in [-0.4, -0.2) is 55.5 Å². The molecule has 0 aliphatic carbocycles. The summed E-state index contributed by atoms with van der Waals surface area (Å²) in [5.74, 6) is -0.868. The molecule has 43 heavy (non-hydrogen) atoms. The Hall–Kier alpha value is -3.83. The van der Waals surface area contributed by atoms with Gasteiger partial charge >= 0.3 is 12.1 Å². The van der Waals surface area contributed by atoms with Crippen LogP contribution in [0.4, 0.5) is 13.2 Å². The Morgan fingerprint density at radius 1 is 0.953 bits per heavy atom. The second-order valence-electron chi connectivity index (χ2n) is 10.6. The minimum Gasteiger partial charge on any atom is -0.495 e. The quantitative estimate of drug-likeness (QED) is 0.214. The van der Waals surface area contributed by atoms with Crippen molar-refractivity contribution < 1.29 is 41.7 Å². The number of ketones is 1. The van der Waals surface area contributed by atoms with E-state index in [1.807, 2.05) is 20.8 Å². The molecule has 0 radical (unpaired) electrons. The average Bonchev–Trinajstić information content (AvgIpc) is 2.93. The third kappa shape index (κ3) is 9.59. The van der Waals surface area contributed by atoms with Crippen LogP contribution in [0, 0.1) is 0 Å². The van der Waals surface area contributed by atoms with Crippen LogP contribution >= 0.6 is 11.6 Å². The highest BCUT2D eigenvalue weighted by atomic mass is 35.5. The van der Waals surface area contributed by atoms with Crippen molar-refractivity contribution in [2.45, 2.75) is 51.4 Å². The summed E-state index contributed by atoms with van der Waals surface area (Å²) in [6.07, 6.45) is -3.16. The van der Waals surface area contributed by atoms with Crippen LogP contribution in [0.1, 0.15) is 49.2 Å². The van der Waals surface area contributed by atoms with Gasteiger partial charge in [-0.2, -0.15) is 13.2 Å². The minimum absolute atomic E-state index is 0.0537. The molecule has 0 spiro atoms. The Morgan fingerprint density at radius 3 is 2.19 bits per heavy atom. The van der Waals surface area contributed by atoms with E-state index in [-0.39, 0.29) is 52.9 Å². The van der Waals surface area contributed by atoms with Gasteiger partial charge in [0, 0.05) is 35.2 Å². The predicted octanol–water partition coefficient (Wildman–Crippen LogP) is 6.46. The van der Waals surface area contributed by atoms with E-state index in [9.17, 15) is 27.6 Å². The third-order valence-electron chi connectivity index (χ3n) is 6.27. The van der Waals surface area contributed by atoms with Gasteiger partial charge in [0.1, 0.15) is 11.5 Å². The first-order valence-electron chi connectivity index (χ1n) is 13.3. The van der Waals surface area contributed by atoms with Crippen molar-refractivity contribution in [3.05, 3.63) is 81.2 Å². The van der Waals surface area contributed by atoms with Crippen molar-refractivity contribution in [2.24, 2.45) is 0 Å². The largest absolute Gasteiger partial charge is 0.495 e.